The monoisotopic (exact) mass is 388 g/mol. The fourth-order valence-electron chi connectivity index (χ4n) is 2.66. The SMILES string of the molecule is Cc1ccc(NC(=O)c2ccc(C)c(NC(=O)c3ncccc3F)c2)cc1C#N. The van der Waals surface area contributed by atoms with Crippen LogP contribution in [0.1, 0.15) is 37.5 Å². The Labute approximate surface area is 167 Å². The molecule has 6 nitrogen and oxygen atoms in total. The molecule has 0 saturated carbocycles. The Kier molecular flexibility index (Phi) is 5.65. The van der Waals surface area contributed by atoms with E-state index in [0.29, 0.717) is 28.1 Å². The molecule has 0 aliphatic heterocycles. The first-order valence-electron chi connectivity index (χ1n) is 8.73. The van der Waals surface area contributed by atoms with E-state index in [9.17, 15) is 14.0 Å². The van der Waals surface area contributed by atoms with Crippen LogP contribution in [0.4, 0.5) is 15.8 Å². The average molecular weight is 388 g/mol. The van der Waals surface area contributed by atoms with E-state index in [2.05, 4.69) is 21.7 Å². The highest BCUT2D eigenvalue weighted by Gasteiger charge is 2.15. The van der Waals surface area contributed by atoms with Crippen molar-refractivity contribution in [1.82, 2.24) is 4.98 Å². The van der Waals surface area contributed by atoms with Crippen LogP contribution in [0, 0.1) is 31.0 Å². The van der Waals surface area contributed by atoms with Gasteiger partial charge in [0.05, 0.1) is 11.6 Å². The van der Waals surface area contributed by atoms with Gasteiger partial charge >= 0.3 is 0 Å². The predicted molar refractivity (Wildman–Crippen MR) is 107 cm³/mol. The maximum atomic E-state index is 13.8. The van der Waals surface area contributed by atoms with Gasteiger partial charge in [-0.15, -0.1) is 0 Å². The first-order chi connectivity index (χ1) is 13.9. The number of carbonyl (C=O) groups excluding carboxylic acids is 2. The van der Waals surface area contributed by atoms with Crippen LogP contribution in [-0.4, -0.2) is 16.8 Å². The number of nitriles is 1. The minimum atomic E-state index is -0.732. The largest absolute Gasteiger partial charge is 0.322 e. The van der Waals surface area contributed by atoms with Gasteiger partial charge in [-0.05, 0) is 61.4 Å². The van der Waals surface area contributed by atoms with Crippen LogP contribution < -0.4 is 10.6 Å². The van der Waals surface area contributed by atoms with E-state index in [1.54, 1.807) is 37.3 Å². The quantitative estimate of drug-likeness (QED) is 0.700. The highest BCUT2D eigenvalue weighted by Crippen LogP contribution is 2.20. The lowest BCUT2D eigenvalue weighted by molar-refractivity contribution is 0.101. The topological polar surface area (TPSA) is 94.9 Å². The Hall–Kier alpha value is -4.05. The zero-order chi connectivity index (χ0) is 21.0. The van der Waals surface area contributed by atoms with Crippen LogP contribution in [-0.2, 0) is 0 Å². The van der Waals surface area contributed by atoms with Gasteiger partial charge in [-0.25, -0.2) is 9.37 Å². The zero-order valence-corrected chi connectivity index (χ0v) is 15.8. The molecule has 3 rings (SSSR count). The van der Waals surface area contributed by atoms with Crippen molar-refractivity contribution in [2.75, 3.05) is 10.6 Å². The molecule has 0 spiro atoms. The van der Waals surface area contributed by atoms with Crippen molar-refractivity contribution in [3.8, 4) is 6.07 Å². The first kappa shape index (κ1) is 19.7. The molecule has 0 saturated heterocycles. The van der Waals surface area contributed by atoms with Gasteiger partial charge in [0, 0.05) is 23.1 Å². The number of hydrogen-bond acceptors (Lipinski definition) is 4. The minimum Gasteiger partial charge on any atom is -0.322 e. The summed E-state index contributed by atoms with van der Waals surface area (Å²) in [5.41, 5.74) is 2.81. The van der Waals surface area contributed by atoms with Crippen molar-refractivity contribution in [3.63, 3.8) is 0 Å². The molecule has 0 bridgehead atoms. The van der Waals surface area contributed by atoms with Crippen molar-refractivity contribution in [2.24, 2.45) is 0 Å². The van der Waals surface area contributed by atoms with Crippen LogP contribution in [0.15, 0.2) is 54.7 Å². The molecule has 2 aromatic carbocycles. The van der Waals surface area contributed by atoms with Crippen LogP contribution in [0.5, 0.6) is 0 Å². The smallest absolute Gasteiger partial charge is 0.277 e. The van der Waals surface area contributed by atoms with Crippen molar-refractivity contribution in [2.45, 2.75) is 13.8 Å². The molecule has 29 heavy (non-hydrogen) atoms. The van der Waals surface area contributed by atoms with E-state index in [0.717, 1.165) is 11.6 Å². The van der Waals surface area contributed by atoms with Crippen LogP contribution in [0.3, 0.4) is 0 Å². The van der Waals surface area contributed by atoms with Gasteiger partial charge in [-0.1, -0.05) is 12.1 Å². The number of carbonyl (C=O) groups is 2. The summed E-state index contributed by atoms with van der Waals surface area (Å²) < 4.78 is 13.8. The number of nitrogens with zero attached hydrogens (tertiary/aromatic N) is 2. The number of amides is 2. The van der Waals surface area contributed by atoms with E-state index >= 15 is 0 Å². The summed E-state index contributed by atoms with van der Waals surface area (Å²) >= 11 is 0. The minimum absolute atomic E-state index is 0.298. The van der Waals surface area contributed by atoms with Crippen molar-refractivity contribution in [1.29, 1.82) is 5.26 Å². The number of nitrogens with one attached hydrogen (secondary N) is 2. The second-order valence-electron chi connectivity index (χ2n) is 6.41. The molecule has 0 radical (unpaired) electrons. The van der Waals surface area contributed by atoms with Crippen LogP contribution in [0.25, 0.3) is 0 Å². The number of pyridine rings is 1. The van der Waals surface area contributed by atoms with Gasteiger partial charge in [-0.2, -0.15) is 5.26 Å². The van der Waals surface area contributed by atoms with Crippen molar-refractivity contribution >= 4 is 23.2 Å². The molecule has 7 heteroatoms. The summed E-state index contributed by atoms with van der Waals surface area (Å²) in [5.74, 6) is -1.84. The highest BCUT2D eigenvalue weighted by atomic mass is 19.1. The number of halogens is 1. The molecule has 144 valence electrons. The van der Waals surface area contributed by atoms with Gasteiger partial charge in [0.2, 0.25) is 0 Å². The zero-order valence-electron chi connectivity index (χ0n) is 15.8. The molecule has 0 unspecified atom stereocenters. The molecule has 0 atom stereocenters. The lowest BCUT2D eigenvalue weighted by atomic mass is 10.1. The fourth-order valence-corrected chi connectivity index (χ4v) is 2.66. The summed E-state index contributed by atoms with van der Waals surface area (Å²) in [4.78, 5) is 28.7. The van der Waals surface area contributed by atoms with Crippen molar-refractivity contribution < 1.29 is 14.0 Å². The van der Waals surface area contributed by atoms with E-state index < -0.39 is 17.6 Å². The second kappa shape index (κ2) is 8.31. The fraction of sp³-hybridized carbons (Fsp3) is 0.0909. The summed E-state index contributed by atoms with van der Waals surface area (Å²) in [5, 5.41) is 14.4. The summed E-state index contributed by atoms with van der Waals surface area (Å²) in [6.45, 7) is 3.56. The maximum absolute atomic E-state index is 13.8. The highest BCUT2D eigenvalue weighted by molar-refractivity contribution is 6.07. The normalized spacial score (nSPS) is 10.1. The number of hydrogen-bond donors (Lipinski definition) is 2. The molecule has 0 aliphatic rings. The lowest BCUT2D eigenvalue weighted by Crippen LogP contribution is -2.17. The number of aryl methyl sites for hydroxylation is 2. The van der Waals surface area contributed by atoms with E-state index in [1.807, 2.05) is 6.92 Å². The number of benzene rings is 2. The Balaban J connectivity index is 1.81. The third-order valence-electron chi connectivity index (χ3n) is 4.34. The molecule has 0 aliphatic carbocycles. The maximum Gasteiger partial charge on any atom is 0.277 e. The third-order valence-corrected chi connectivity index (χ3v) is 4.34. The van der Waals surface area contributed by atoms with Crippen molar-refractivity contribution in [3.05, 3.63) is 88.5 Å². The molecular weight excluding hydrogens is 371 g/mol. The van der Waals surface area contributed by atoms with Gasteiger partial charge in [0.25, 0.3) is 11.8 Å². The Morgan fingerprint density at radius 3 is 2.48 bits per heavy atom. The third kappa shape index (κ3) is 4.45. The Morgan fingerprint density at radius 1 is 1.00 bits per heavy atom. The summed E-state index contributed by atoms with van der Waals surface area (Å²) in [7, 11) is 0. The molecule has 0 fully saturated rings. The molecule has 2 N–H and O–H groups in total. The first-order valence-corrected chi connectivity index (χ1v) is 8.73. The van der Waals surface area contributed by atoms with Gasteiger partial charge in [0.15, 0.2) is 11.5 Å². The number of anilines is 2. The van der Waals surface area contributed by atoms with Crippen LogP contribution in [0.2, 0.25) is 0 Å². The molecule has 1 heterocycles. The van der Waals surface area contributed by atoms with E-state index in [4.69, 9.17) is 5.26 Å². The molecule has 3 aromatic rings. The van der Waals surface area contributed by atoms with E-state index in [1.165, 1.54) is 18.3 Å². The van der Waals surface area contributed by atoms with Crippen LogP contribution >= 0.6 is 0 Å². The molecular formula is C22H17FN4O2. The van der Waals surface area contributed by atoms with E-state index in [-0.39, 0.29) is 5.69 Å². The summed E-state index contributed by atoms with van der Waals surface area (Å²) in [6, 6.07) is 14.4. The average Bonchev–Trinajstić information content (AvgIpc) is 2.71. The second-order valence-corrected chi connectivity index (χ2v) is 6.41. The standard InChI is InChI=1S/C22H17FN4O2/c1-13-6-8-17(10-16(13)12-24)26-21(28)15-7-5-14(2)19(11-15)27-22(29)20-18(23)4-3-9-25-20/h3-11H,1-2H3,(H,26,28)(H,27,29). The van der Waals surface area contributed by atoms with Gasteiger partial charge in [-0.3, -0.25) is 9.59 Å². The summed E-state index contributed by atoms with van der Waals surface area (Å²) in [6.07, 6.45) is 1.33. The predicted octanol–water partition coefficient (Wildman–Crippen LogP) is 4.21. The Morgan fingerprint density at radius 2 is 1.76 bits per heavy atom. The number of aromatic nitrogens is 1. The van der Waals surface area contributed by atoms with Gasteiger partial charge < -0.3 is 10.6 Å². The number of rotatable bonds is 4. The van der Waals surface area contributed by atoms with Gasteiger partial charge in [0.1, 0.15) is 0 Å². The molecule has 1 aromatic heterocycles. The Bertz CT molecular complexity index is 1150. The molecule has 2 amide bonds. The lowest BCUT2D eigenvalue weighted by Gasteiger charge is -2.11.